The van der Waals surface area contributed by atoms with Crippen LogP contribution < -0.4 is 10.1 Å². The molecule has 1 aromatic carbocycles. The predicted molar refractivity (Wildman–Crippen MR) is 68.3 cm³/mol. The smallest absolute Gasteiger partial charge is 0.303 e. The number of anilines is 1. The first-order chi connectivity index (χ1) is 9.13. The molecule has 1 amide bonds. The van der Waals surface area contributed by atoms with E-state index in [9.17, 15) is 9.59 Å². The molecular formula is C14H15NO4. The molecule has 0 bridgehead atoms. The summed E-state index contributed by atoms with van der Waals surface area (Å²) in [5.41, 5.74) is 1.64. The summed E-state index contributed by atoms with van der Waals surface area (Å²) in [6.45, 7) is 0.0173. The fourth-order valence-corrected chi connectivity index (χ4v) is 2.57. The normalized spacial score (nSPS) is 19.1. The van der Waals surface area contributed by atoms with Crippen LogP contribution in [0.5, 0.6) is 5.75 Å². The number of nitrogens with one attached hydrogen (secondary N) is 1. The van der Waals surface area contributed by atoms with Crippen LogP contribution in [0.15, 0.2) is 18.2 Å². The lowest BCUT2D eigenvalue weighted by atomic mass is 9.90. The summed E-state index contributed by atoms with van der Waals surface area (Å²) in [4.78, 5) is 22.2. The van der Waals surface area contributed by atoms with Gasteiger partial charge < -0.3 is 15.2 Å². The van der Waals surface area contributed by atoms with Gasteiger partial charge in [0.25, 0.3) is 5.91 Å². The first-order valence-corrected chi connectivity index (χ1v) is 6.42. The number of carbonyl (C=O) groups is 2. The van der Waals surface area contributed by atoms with Crippen molar-refractivity contribution in [3.63, 3.8) is 0 Å². The van der Waals surface area contributed by atoms with Crippen LogP contribution in [-0.2, 0) is 9.59 Å². The van der Waals surface area contributed by atoms with Gasteiger partial charge in [-0.15, -0.1) is 0 Å². The van der Waals surface area contributed by atoms with Gasteiger partial charge in [0, 0.05) is 0 Å². The standard InChI is InChI=1S/C14H15NO4/c16-13-7-19-12-5-9(3-4-11(12)15-13)10(6-14(17)18)8-1-2-8/h3-5,8,10H,1-2,6-7H2,(H,15,16)(H,17,18). The molecule has 1 saturated carbocycles. The van der Waals surface area contributed by atoms with Crippen LogP contribution in [0.1, 0.15) is 30.7 Å². The molecule has 5 heteroatoms. The van der Waals surface area contributed by atoms with Crippen molar-refractivity contribution in [2.75, 3.05) is 11.9 Å². The van der Waals surface area contributed by atoms with Crippen molar-refractivity contribution in [1.29, 1.82) is 0 Å². The highest BCUT2D eigenvalue weighted by Crippen LogP contribution is 2.46. The van der Waals surface area contributed by atoms with E-state index >= 15 is 0 Å². The zero-order chi connectivity index (χ0) is 13.4. The van der Waals surface area contributed by atoms with E-state index in [4.69, 9.17) is 9.84 Å². The van der Waals surface area contributed by atoms with Gasteiger partial charge in [-0.3, -0.25) is 9.59 Å². The SMILES string of the molecule is O=C(O)CC(c1ccc2c(c1)OCC(=O)N2)C1CC1. The van der Waals surface area contributed by atoms with Crippen molar-refractivity contribution < 1.29 is 19.4 Å². The average Bonchev–Trinajstić information content (AvgIpc) is 3.19. The molecule has 1 aliphatic heterocycles. The number of fused-ring (bicyclic) bond motifs is 1. The summed E-state index contributed by atoms with van der Waals surface area (Å²) in [6, 6.07) is 5.54. The Kier molecular flexibility index (Phi) is 2.89. The minimum atomic E-state index is -0.774. The summed E-state index contributed by atoms with van der Waals surface area (Å²) in [5, 5.41) is 11.7. The summed E-state index contributed by atoms with van der Waals surface area (Å²) in [5.74, 6) is 0.206. The van der Waals surface area contributed by atoms with Gasteiger partial charge in [0.1, 0.15) is 5.75 Å². The monoisotopic (exact) mass is 261 g/mol. The predicted octanol–water partition coefficient (Wildman–Crippen LogP) is 1.99. The first kappa shape index (κ1) is 12.0. The Morgan fingerprint density at radius 1 is 1.47 bits per heavy atom. The number of aliphatic carboxylic acids is 1. The zero-order valence-corrected chi connectivity index (χ0v) is 10.4. The van der Waals surface area contributed by atoms with Crippen LogP contribution in [-0.4, -0.2) is 23.6 Å². The topological polar surface area (TPSA) is 75.6 Å². The number of carboxylic acids is 1. The summed E-state index contributed by atoms with van der Waals surface area (Å²) in [7, 11) is 0. The third-order valence-corrected chi connectivity index (χ3v) is 3.65. The molecule has 1 fully saturated rings. The molecule has 0 spiro atoms. The second-order valence-corrected chi connectivity index (χ2v) is 5.13. The fourth-order valence-electron chi connectivity index (χ4n) is 2.57. The molecular weight excluding hydrogens is 246 g/mol. The highest BCUT2D eigenvalue weighted by molar-refractivity contribution is 5.95. The first-order valence-electron chi connectivity index (χ1n) is 6.42. The van der Waals surface area contributed by atoms with Crippen LogP contribution in [0.4, 0.5) is 5.69 Å². The Morgan fingerprint density at radius 3 is 2.95 bits per heavy atom. The maximum absolute atomic E-state index is 11.2. The van der Waals surface area contributed by atoms with Crippen molar-refractivity contribution in [2.45, 2.75) is 25.2 Å². The van der Waals surface area contributed by atoms with Crippen LogP contribution in [0.2, 0.25) is 0 Å². The molecule has 100 valence electrons. The number of amides is 1. The molecule has 1 heterocycles. The maximum atomic E-state index is 11.2. The fraction of sp³-hybridized carbons (Fsp3) is 0.429. The van der Waals surface area contributed by atoms with Crippen LogP contribution in [0.3, 0.4) is 0 Å². The van der Waals surface area contributed by atoms with Gasteiger partial charge >= 0.3 is 5.97 Å². The van der Waals surface area contributed by atoms with Crippen molar-refractivity contribution in [3.05, 3.63) is 23.8 Å². The number of carboxylic acid groups (broad SMARTS) is 1. The molecule has 2 aliphatic rings. The lowest BCUT2D eigenvalue weighted by Crippen LogP contribution is -2.25. The lowest BCUT2D eigenvalue weighted by Gasteiger charge is -2.21. The van der Waals surface area contributed by atoms with Crippen LogP contribution in [0.25, 0.3) is 0 Å². The molecule has 0 saturated heterocycles. The molecule has 5 nitrogen and oxygen atoms in total. The van der Waals surface area contributed by atoms with Gasteiger partial charge in [-0.1, -0.05) is 6.07 Å². The van der Waals surface area contributed by atoms with E-state index in [2.05, 4.69) is 5.32 Å². The number of rotatable bonds is 4. The molecule has 3 rings (SSSR count). The third kappa shape index (κ3) is 2.54. The van der Waals surface area contributed by atoms with E-state index in [0.717, 1.165) is 18.4 Å². The van der Waals surface area contributed by atoms with E-state index in [-0.39, 0.29) is 24.9 Å². The third-order valence-electron chi connectivity index (χ3n) is 3.65. The second kappa shape index (κ2) is 4.57. The van der Waals surface area contributed by atoms with Gasteiger partial charge in [0.05, 0.1) is 12.1 Å². The van der Waals surface area contributed by atoms with Gasteiger partial charge in [-0.2, -0.15) is 0 Å². The quantitative estimate of drug-likeness (QED) is 0.869. The highest BCUT2D eigenvalue weighted by atomic mass is 16.5. The molecule has 1 atom stereocenters. The van der Waals surface area contributed by atoms with Gasteiger partial charge in [0.15, 0.2) is 6.61 Å². The number of carbonyl (C=O) groups excluding carboxylic acids is 1. The Hall–Kier alpha value is -2.04. The van der Waals surface area contributed by atoms with Crippen molar-refractivity contribution in [2.24, 2.45) is 5.92 Å². The zero-order valence-electron chi connectivity index (χ0n) is 10.4. The van der Waals surface area contributed by atoms with E-state index in [0.29, 0.717) is 17.4 Å². The van der Waals surface area contributed by atoms with E-state index in [1.807, 2.05) is 12.1 Å². The van der Waals surface area contributed by atoms with Crippen LogP contribution >= 0.6 is 0 Å². The molecule has 0 radical (unpaired) electrons. The van der Waals surface area contributed by atoms with Crippen molar-refractivity contribution in [3.8, 4) is 5.75 Å². The minimum absolute atomic E-state index is 0.0173. The van der Waals surface area contributed by atoms with E-state index in [1.54, 1.807) is 6.07 Å². The molecule has 1 aromatic rings. The number of ether oxygens (including phenoxy) is 1. The Bertz CT molecular complexity index is 536. The Balaban J connectivity index is 1.87. The van der Waals surface area contributed by atoms with Crippen LogP contribution in [0, 0.1) is 5.92 Å². The largest absolute Gasteiger partial charge is 0.482 e. The van der Waals surface area contributed by atoms with Gasteiger partial charge in [0.2, 0.25) is 0 Å². The van der Waals surface area contributed by atoms with Crippen molar-refractivity contribution >= 4 is 17.6 Å². The second-order valence-electron chi connectivity index (χ2n) is 5.13. The summed E-state index contributed by atoms with van der Waals surface area (Å²) < 4.78 is 5.37. The molecule has 1 aliphatic carbocycles. The summed E-state index contributed by atoms with van der Waals surface area (Å²) >= 11 is 0. The average molecular weight is 261 g/mol. The van der Waals surface area contributed by atoms with Crippen molar-refractivity contribution in [1.82, 2.24) is 0 Å². The maximum Gasteiger partial charge on any atom is 0.303 e. The summed E-state index contributed by atoms with van der Waals surface area (Å²) in [6.07, 6.45) is 2.33. The highest BCUT2D eigenvalue weighted by Gasteiger charge is 2.34. The number of hydrogen-bond donors (Lipinski definition) is 2. The number of hydrogen-bond acceptors (Lipinski definition) is 3. The lowest BCUT2D eigenvalue weighted by molar-refractivity contribution is -0.137. The molecule has 2 N–H and O–H groups in total. The molecule has 19 heavy (non-hydrogen) atoms. The Labute approximate surface area is 110 Å². The van der Waals surface area contributed by atoms with E-state index < -0.39 is 5.97 Å². The molecule has 1 unspecified atom stereocenters. The Morgan fingerprint density at radius 2 is 2.26 bits per heavy atom. The van der Waals surface area contributed by atoms with E-state index in [1.165, 1.54) is 0 Å². The minimum Gasteiger partial charge on any atom is -0.482 e. The molecule has 0 aromatic heterocycles. The van der Waals surface area contributed by atoms with Gasteiger partial charge in [-0.25, -0.2) is 0 Å². The number of benzene rings is 1. The van der Waals surface area contributed by atoms with Gasteiger partial charge in [-0.05, 0) is 42.4 Å².